The van der Waals surface area contributed by atoms with E-state index in [0.717, 1.165) is 31.2 Å². The van der Waals surface area contributed by atoms with Gasteiger partial charge >= 0.3 is 11.9 Å². The molecule has 2 aromatic carbocycles. The summed E-state index contributed by atoms with van der Waals surface area (Å²) < 4.78 is 24.5. The molecule has 1 aromatic heterocycles. The number of rotatable bonds is 7. The molecule has 7 nitrogen and oxygen atoms in total. The first-order chi connectivity index (χ1) is 18.9. The average Bonchev–Trinajstić information content (AvgIpc) is 3.49. The second kappa shape index (κ2) is 11.4. The Morgan fingerprint density at radius 1 is 1.03 bits per heavy atom. The lowest BCUT2D eigenvalue weighted by molar-refractivity contribution is -0.145. The van der Waals surface area contributed by atoms with E-state index in [1.807, 2.05) is 35.2 Å². The van der Waals surface area contributed by atoms with Crippen LogP contribution in [0.2, 0.25) is 0 Å². The molecule has 2 aliphatic rings. The predicted molar refractivity (Wildman–Crippen MR) is 144 cm³/mol. The van der Waals surface area contributed by atoms with E-state index >= 15 is 0 Å². The zero-order valence-corrected chi connectivity index (χ0v) is 22.1. The van der Waals surface area contributed by atoms with E-state index in [2.05, 4.69) is 0 Å². The number of pyridine rings is 1. The first-order valence-corrected chi connectivity index (χ1v) is 13.3. The predicted octanol–water partition coefficient (Wildman–Crippen LogP) is 5.71. The van der Waals surface area contributed by atoms with Crippen molar-refractivity contribution < 1.29 is 28.2 Å². The average molecular weight is 531 g/mol. The highest BCUT2D eigenvalue weighted by Crippen LogP contribution is 2.45. The molecule has 1 aliphatic heterocycles. The summed E-state index contributed by atoms with van der Waals surface area (Å²) in [6, 6.07) is 15.4. The highest BCUT2D eigenvalue weighted by atomic mass is 19.1. The van der Waals surface area contributed by atoms with Crippen LogP contribution in [0.1, 0.15) is 70.5 Å². The highest BCUT2D eigenvalue weighted by Gasteiger charge is 2.43. The van der Waals surface area contributed by atoms with E-state index in [-0.39, 0.29) is 30.2 Å². The van der Waals surface area contributed by atoms with E-state index in [1.54, 1.807) is 19.1 Å². The van der Waals surface area contributed by atoms with Crippen LogP contribution in [0.25, 0.3) is 11.1 Å². The zero-order chi connectivity index (χ0) is 27.5. The van der Waals surface area contributed by atoms with Crippen LogP contribution in [0.15, 0.2) is 54.6 Å². The van der Waals surface area contributed by atoms with Crippen LogP contribution in [0.3, 0.4) is 0 Å². The van der Waals surface area contributed by atoms with Crippen LogP contribution in [-0.4, -0.2) is 43.0 Å². The molecule has 1 saturated carbocycles. The van der Waals surface area contributed by atoms with Gasteiger partial charge in [0.15, 0.2) is 5.78 Å². The molecule has 0 amide bonds. The third kappa shape index (κ3) is 5.15. The largest absolute Gasteiger partial charge is 0.465 e. The number of ether oxygens (including phenoxy) is 2. The molecule has 0 spiro atoms. The number of halogens is 1. The molecule has 0 saturated heterocycles. The Morgan fingerprint density at radius 3 is 2.36 bits per heavy atom. The smallest absolute Gasteiger partial charge is 0.340 e. The Balaban J connectivity index is 1.81. The van der Waals surface area contributed by atoms with Crippen molar-refractivity contribution in [2.75, 3.05) is 25.2 Å². The summed E-state index contributed by atoms with van der Waals surface area (Å²) in [7, 11) is 1.29. The number of carbonyl (C=O) groups is 3. The van der Waals surface area contributed by atoms with Crippen molar-refractivity contribution in [2.45, 2.75) is 45.1 Å². The van der Waals surface area contributed by atoms with Crippen LogP contribution in [0.5, 0.6) is 0 Å². The number of aromatic nitrogens is 1. The fourth-order valence-corrected chi connectivity index (χ4v) is 5.69. The van der Waals surface area contributed by atoms with Crippen molar-refractivity contribution >= 4 is 23.5 Å². The number of carbonyl (C=O) groups excluding carboxylic acids is 3. The standard InChI is InChI=1S/C31H31FN2O5/c1-3-39-30(36)23-18-34(17-19-9-5-4-6-10-19)29-26(28(23)35)24(20-13-15-22(32)16-14-20)25(31(37)38-2)27(33-29)21-11-7-8-12-21/h4-6,9-10,13-16,21,23H,3,7-8,11-12,17-18H2,1-2H3. The SMILES string of the molecule is CCOC(=O)C1CN(Cc2ccccc2)c2nc(C3CCCC3)c(C(=O)OC)c(-c3ccc(F)cc3)c2C1=O. The quantitative estimate of drug-likeness (QED) is 0.286. The first-order valence-electron chi connectivity index (χ1n) is 13.3. The van der Waals surface area contributed by atoms with Crippen LogP contribution in [-0.2, 0) is 20.8 Å². The van der Waals surface area contributed by atoms with E-state index in [9.17, 15) is 18.8 Å². The Morgan fingerprint density at radius 2 is 1.72 bits per heavy atom. The van der Waals surface area contributed by atoms with Crippen LogP contribution >= 0.6 is 0 Å². The van der Waals surface area contributed by atoms with Crippen LogP contribution in [0.4, 0.5) is 10.2 Å². The maximum absolute atomic E-state index is 14.1. The topological polar surface area (TPSA) is 85.8 Å². The molecule has 8 heteroatoms. The van der Waals surface area contributed by atoms with Gasteiger partial charge in [-0.15, -0.1) is 0 Å². The van der Waals surface area contributed by atoms with Crippen molar-refractivity contribution in [3.8, 4) is 11.1 Å². The molecule has 1 unspecified atom stereocenters. The second-order valence-corrected chi connectivity index (χ2v) is 9.96. The van der Waals surface area contributed by atoms with Crippen molar-refractivity contribution in [1.29, 1.82) is 0 Å². The molecule has 5 rings (SSSR count). The van der Waals surface area contributed by atoms with E-state index in [4.69, 9.17) is 14.5 Å². The number of hydrogen-bond donors (Lipinski definition) is 0. The summed E-state index contributed by atoms with van der Waals surface area (Å²) in [5.41, 5.74) is 2.72. The minimum atomic E-state index is -1.11. The molecule has 202 valence electrons. The van der Waals surface area contributed by atoms with Gasteiger partial charge in [-0.05, 0) is 43.0 Å². The molecule has 0 radical (unpaired) electrons. The first kappa shape index (κ1) is 26.5. The molecule has 0 bridgehead atoms. The summed E-state index contributed by atoms with van der Waals surface area (Å²) in [5.74, 6) is -2.84. The Kier molecular flexibility index (Phi) is 7.72. The van der Waals surface area contributed by atoms with Gasteiger partial charge in [0.2, 0.25) is 0 Å². The van der Waals surface area contributed by atoms with Gasteiger partial charge in [0, 0.05) is 24.6 Å². The van der Waals surface area contributed by atoms with Crippen LogP contribution in [0, 0.1) is 11.7 Å². The lowest BCUT2D eigenvalue weighted by Gasteiger charge is -2.36. The van der Waals surface area contributed by atoms with Crippen LogP contribution < -0.4 is 4.90 Å². The van der Waals surface area contributed by atoms with Gasteiger partial charge in [0.25, 0.3) is 0 Å². The van der Waals surface area contributed by atoms with Gasteiger partial charge in [-0.3, -0.25) is 9.59 Å². The monoisotopic (exact) mass is 530 g/mol. The Hall–Kier alpha value is -4.07. The molecular formula is C31H31FN2O5. The summed E-state index contributed by atoms with van der Waals surface area (Å²) in [5, 5.41) is 0. The normalized spacial score (nSPS) is 17.2. The second-order valence-electron chi connectivity index (χ2n) is 9.96. The van der Waals surface area contributed by atoms with Gasteiger partial charge in [-0.25, -0.2) is 14.2 Å². The zero-order valence-electron chi connectivity index (χ0n) is 22.1. The maximum atomic E-state index is 14.1. The van der Waals surface area contributed by atoms with Gasteiger partial charge in [-0.2, -0.15) is 0 Å². The van der Waals surface area contributed by atoms with E-state index in [1.165, 1.54) is 19.2 Å². The van der Waals surface area contributed by atoms with Crippen molar-refractivity contribution in [3.63, 3.8) is 0 Å². The molecule has 1 atom stereocenters. The van der Waals surface area contributed by atoms with Crippen molar-refractivity contribution in [3.05, 3.63) is 82.8 Å². The minimum Gasteiger partial charge on any atom is -0.465 e. The molecule has 1 fully saturated rings. The molecule has 2 heterocycles. The number of Topliss-reactive ketones (excluding diaryl/α,β-unsaturated/α-hetero) is 1. The fourth-order valence-electron chi connectivity index (χ4n) is 5.69. The van der Waals surface area contributed by atoms with Crippen molar-refractivity contribution in [2.24, 2.45) is 5.92 Å². The fraction of sp³-hybridized carbons (Fsp3) is 0.355. The number of ketones is 1. The molecule has 39 heavy (non-hydrogen) atoms. The van der Waals surface area contributed by atoms with Gasteiger partial charge in [0.05, 0.1) is 30.5 Å². The maximum Gasteiger partial charge on any atom is 0.340 e. The molecule has 0 N–H and O–H groups in total. The number of esters is 2. The number of fused-ring (bicyclic) bond motifs is 1. The van der Waals surface area contributed by atoms with Gasteiger partial charge < -0.3 is 14.4 Å². The number of hydrogen-bond acceptors (Lipinski definition) is 7. The highest BCUT2D eigenvalue weighted by molar-refractivity contribution is 6.19. The van der Waals surface area contributed by atoms with E-state index in [0.29, 0.717) is 29.2 Å². The lowest BCUT2D eigenvalue weighted by atomic mass is 9.82. The third-order valence-electron chi connectivity index (χ3n) is 7.52. The number of methoxy groups -OCH3 is 1. The Bertz CT molecular complexity index is 1380. The molecular weight excluding hydrogens is 499 g/mol. The number of nitrogens with zero attached hydrogens (tertiary/aromatic N) is 2. The minimum absolute atomic E-state index is 0.0139. The number of anilines is 1. The summed E-state index contributed by atoms with van der Waals surface area (Å²) >= 11 is 0. The van der Waals surface area contributed by atoms with E-state index < -0.39 is 29.5 Å². The Labute approximate surface area is 226 Å². The van der Waals surface area contributed by atoms with Crippen molar-refractivity contribution in [1.82, 2.24) is 4.98 Å². The summed E-state index contributed by atoms with van der Waals surface area (Å²) in [4.78, 5) is 47.4. The number of benzene rings is 2. The molecule has 1 aliphatic carbocycles. The molecule has 3 aromatic rings. The lowest BCUT2D eigenvalue weighted by Crippen LogP contribution is -2.44. The summed E-state index contributed by atoms with van der Waals surface area (Å²) in [6.45, 7) is 2.31. The summed E-state index contributed by atoms with van der Waals surface area (Å²) in [6.07, 6.45) is 3.73. The van der Waals surface area contributed by atoms with Gasteiger partial charge in [0.1, 0.15) is 17.6 Å². The van der Waals surface area contributed by atoms with Gasteiger partial charge in [-0.1, -0.05) is 55.3 Å². The third-order valence-corrected chi connectivity index (χ3v) is 7.52.